The molecule has 5 nitrogen and oxygen atoms in total. The van der Waals surface area contributed by atoms with E-state index in [0.717, 1.165) is 29.2 Å². The minimum Gasteiger partial charge on any atom is -0.357 e. The maximum absolute atomic E-state index is 4.54. The molecule has 0 radical (unpaired) electrons. The molecule has 0 fully saturated rings. The SMILES string of the molecule is CCc1cccc(C)c1Nc1cc(-c2ccncc2)nc(NC)n1. The molecule has 0 aliphatic carbocycles. The van der Waals surface area contributed by atoms with Crippen LogP contribution in [0.4, 0.5) is 17.5 Å². The molecule has 0 bridgehead atoms. The van der Waals surface area contributed by atoms with E-state index < -0.39 is 0 Å². The van der Waals surface area contributed by atoms with E-state index in [1.807, 2.05) is 25.2 Å². The van der Waals surface area contributed by atoms with E-state index in [1.54, 1.807) is 12.4 Å². The first kappa shape index (κ1) is 15.9. The number of rotatable bonds is 5. The Bertz CT molecular complexity index is 830. The number of para-hydroxylation sites is 1. The van der Waals surface area contributed by atoms with Crippen molar-refractivity contribution < 1.29 is 0 Å². The Morgan fingerprint density at radius 1 is 1.04 bits per heavy atom. The van der Waals surface area contributed by atoms with E-state index in [9.17, 15) is 0 Å². The number of anilines is 3. The van der Waals surface area contributed by atoms with Gasteiger partial charge in [0.15, 0.2) is 0 Å². The maximum Gasteiger partial charge on any atom is 0.224 e. The van der Waals surface area contributed by atoms with Crippen LogP contribution in [-0.2, 0) is 6.42 Å². The topological polar surface area (TPSA) is 62.7 Å². The fourth-order valence-electron chi connectivity index (χ4n) is 2.62. The molecule has 0 atom stereocenters. The van der Waals surface area contributed by atoms with Crippen molar-refractivity contribution in [2.45, 2.75) is 20.3 Å². The summed E-state index contributed by atoms with van der Waals surface area (Å²) in [7, 11) is 1.82. The van der Waals surface area contributed by atoms with Gasteiger partial charge in [-0.15, -0.1) is 0 Å². The van der Waals surface area contributed by atoms with E-state index in [4.69, 9.17) is 0 Å². The summed E-state index contributed by atoms with van der Waals surface area (Å²) in [6.07, 6.45) is 4.49. The second-order valence-corrected chi connectivity index (χ2v) is 5.54. The normalized spacial score (nSPS) is 10.5. The van der Waals surface area contributed by atoms with Gasteiger partial charge in [-0.2, -0.15) is 4.98 Å². The van der Waals surface area contributed by atoms with Crippen LogP contribution in [0, 0.1) is 6.92 Å². The average Bonchev–Trinajstić information content (AvgIpc) is 2.64. The molecule has 0 unspecified atom stereocenters. The van der Waals surface area contributed by atoms with Crippen molar-refractivity contribution in [2.24, 2.45) is 0 Å². The van der Waals surface area contributed by atoms with Gasteiger partial charge in [0.05, 0.1) is 5.69 Å². The van der Waals surface area contributed by atoms with Crippen molar-refractivity contribution in [2.75, 3.05) is 17.7 Å². The Kier molecular flexibility index (Phi) is 4.70. The highest BCUT2D eigenvalue weighted by molar-refractivity contribution is 5.70. The smallest absolute Gasteiger partial charge is 0.224 e. The monoisotopic (exact) mass is 319 g/mol. The summed E-state index contributed by atoms with van der Waals surface area (Å²) >= 11 is 0. The first-order valence-electron chi connectivity index (χ1n) is 8.04. The van der Waals surface area contributed by atoms with Crippen LogP contribution < -0.4 is 10.6 Å². The molecular weight excluding hydrogens is 298 g/mol. The van der Waals surface area contributed by atoms with Crippen molar-refractivity contribution in [1.82, 2.24) is 15.0 Å². The van der Waals surface area contributed by atoms with Crippen LogP contribution >= 0.6 is 0 Å². The third-order valence-electron chi connectivity index (χ3n) is 3.92. The van der Waals surface area contributed by atoms with Crippen LogP contribution in [0.5, 0.6) is 0 Å². The van der Waals surface area contributed by atoms with Gasteiger partial charge in [0, 0.05) is 36.8 Å². The molecule has 2 heterocycles. The van der Waals surface area contributed by atoms with Crippen LogP contribution in [0.1, 0.15) is 18.1 Å². The van der Waals surface area contributed by atoms with E-state index in [0.29, 0.717) is 5.95 Å². The van der Waals surface area contributed by atoms with E-state index in [-0.39, 0.29) is 0 Å². The Morgan fingerprint density at radius 3 is 2.54 bits per heavy atom. The van der Waals surface area contributed by atoms with Gasteiger partial charge in [-0.1, -0.05) is 25.1 Å². The van der Waals surface area contributed by atoms with Gasteiger partial charge < -0.3 is 10.6 Å². The third kappa shape index (κ3) is 3.35. The summed E-state index contributed by atoms with van der Waals surface area (Å²) in [6, 6.07) is 12.2. The molecule has 2 aromatic heterocycles. The molecule has 0 spiro atoms. The highest BCUT2D eigenvalue weighted by Gasteiger charge is 2.09. The van der Waals surface area contributed by atoms with E-state index in [2.05, 4.69) is 57.6 Å². The second-order valence-electron chi connectivity index (χ2n) is 5.54. The lowest BCUT2D eigenvalue weighted by atomic mass is 10.1. The summed E-state index contributed by atoms with van der Waals surface area (Å²) in [4.78, 5) is 13.1. The maximum atomic E-state index is 4.54. The van der Waals surface area contributed by atoms with Gasteiger partial charge in [0.2, 0.25) is 5.95 Å². The van der Waals surface area contributed by atoms with Crippen molar-refractivity contribution in [1.29, 1.82) is 0 Å². The fraction of sp³-hybridized carbons (Fsp3) is 0.211. The molecule has 1 aromatic carbocycles. The van der Waals surface area contributed by atoms with Crippen LogP contribution in [0.15, 0.2) is 48.8 Å². The van der Waals surface area contributed by atoms with E-state index >= 15 is 0 Å². The zero-order valence-corrected chi connectivity index (χ0v) is 14.2. The van der Waals surface area contributed by atoms with Crippen molar-refractivity contribution in [3.63, 3.8) is 0 Å². The van der Waals surface area contributed by atoms with Crippen molar-refractivity contribution in [3.8, 4) is 11.3 Å². The van der Waals surface area contributed by atoms with Gasteiger partial charge in [0.25, 0.3) is 0 Å². The molecule has 0 amide bonds. The predicted molar refractivity (Wildman–Crippen MR) is 98.6 cm³/mol. The lowest BCUT2D eigenvalue weighted by molar-refractivity contribution is 1.12. The largest absolute Gasteiger partial charge is 0.357 e. The number of hydrogen-bond acceptors (Lipinski definition) is 5. The van der Waals surface area contributed by atoms with E-state index in [1.165, 1.54) is 11.1 Å². The molecule has 3 aromatic rings. The Balaban J connectivity index is 2.03. The van der Waals surface area contributed by atoms with Gasteiger partial charge in [-0.25, -0.2) is 4.98 Å². The molecule has 24 heavy (non-hydrogen) atoms. The van der Waals surface area contributed by atoms with Crippen LogP contribution in [0.3, 0.4) is 0 Å². The number of aromatic nitrogens is 3. The minimum atomic E-state index is 0.582. The van der Waals surface area contributed by atoms with Crippen molar-refractivity contribution in [3.05, 3.63) is 59.9 Å². The Hall–Kier alpha value is -2.95. The number of nitrogens with one attached hydrogen (secondary N) is 2. The number of nitrogens with zero attached hydrogens (tertiary/aromatic N) is 3. The molecule has 2 N–H and O–H groups in total. The molecular formula is C19H21N5. The fourth-order valence-corrected chi connectivity index (χ4v) is 2.62. The molecule has 3 rings (SSSR count). The lowest BCUT2D eigenvalue weighted by Gasteiger charge is -2.15. The van der Waals surface area contributed by atoms with Crippen molar-refractivity contribution >= 4 is 17.5 Å². The van der Waals surface area contributed by atoms with Crippen LogP contribution in [0.25, 0.3) is 11.3 Å². The summed E-state index contributed by atoms with van der Waals surface area (Å²) in [5.74, 6) is 1.35. The number of hydrogen-bond donors (Lipinski definition) is 2. The van der Waals surface area contributed by atoms with Crippen LogP contribution in [-0.4, -0.2) is 22.0 Å². The van der Waals surface area contributed by atoms with Gasteiger partial charge >= 0.3 is 0 Å². The predicted octanol–water partition coefficient (Wildman–Crippen LogP) is 4.19. The Morgan fingerprint density at radius 2 is 1.83 bits per heavy atom. The first-order valence-corrected chi connectivity index (χ1v) is 8.04. The highest BCUT2D eigenvalue weighted by atomic mass is 15.1. The molecule has 5 heteroatoms. The molecule has 122 valence electrons. The minimum absolute atomic E-state index is 0.582. The van der Waals surface area contributed by atoms with Gasteiger partial charge in [-0.3, -0.25) is 4.98 Å². The Labute approximate surface area is 142 Å². The summed E-state index contributed by atoms with van der Waals surface area (Å²) in [5, 5.41) is 6.50. The second kappa shape index (κ2) is 7.08. The summed E-state index contributed by atoms with van der Waals surface area (Å²) < 4.78 is 0. The molecule has 0 aliphatic rings. The third-order valence-corrected chi connectivity index (χ3v) is 3.92. The molecule has 0 aliphatic heterocycles. The average molecular weight is 319 g/mol. The highest BCUT2D eigenvalue weighted by Crippen LogP contribution is 2.27. The number of aryl methyl sites for hydroxylation is 2. The number of benzene rings is 1. The lowest BCUT2D eigenvalue weighted by Crippen LogP contribution is -2.04. The summed E-state index contributed by atoms with van der Waals surface area (Å²) in [6.45, 7) is 4.26. The zero-order chi connectivity index (χ0) is 16.9. The van der Waals surface area contributed by atoms with Crippen LogP contribution in [0.2, 0.25) is 0 Å². The quantitative estimate of drug-likeness (QED) is 0.738. The van der Waals surface area contributed by atoms with Gasteiger partial charge in [0.1, 0.15) is 5.82 Å². The summed E-state index contributed by atoms with van der Waals surface area (Å²) in [5.41, 5.74) is 5.44. The number of pyridine rings is 1. The first-order chi connectivity index (χ1) is 11.7. The zero-order valence-electron chi connectivity index (χ0n) is 14.2. The molecule has 0 saturated heterocycles. The van der Waals surface area contributed by atoms with Gasteiger partial charge in [-0.05, 0) is 36.6 Å². The molecule has 0 saturated carbocycles. The standard InChI is InChI=1S/C19H21N5/c1-4-14-7-5-6-13(2)18(14)23-17-12-16(22-19(20-3)24-17)15-8-10-21-11-9-15/h5-12H,4H2,1-3H3,(H2,20,22,23,24).